The zero-order valence-electron chi connectivity index (χ0n) is 20.9. The first-order chi connectivity index (χ1) is 17.5. The summed E-state index contributed by atoms with van der Waals surface area (Å²) < 4.78 is 4.00. The third kappa shape index (κ3) is 3.74. The average Bonchev–Trinajstić information content (AvgIpc) is 3.63. The van der Waals surface area contributed by atoms with Crippen molar-refractivity contribution in [2.45, 2.75) is 38.8 Å². The standard InChI is InChI=1S/C27H31N9/c1-33(2)21-10-22(23-12-28-30-24(23)11-21)25-17-36(32-31-25)16-20-15-35-14-19(4-5-26(35)29-20)13-34-9-8-27(18-34)6-3-7-27/h4-5,10-12,14-15,17H,3,6-9,13,16,18H2,1-2H3,(H,28,30). The molecule has 2 fully saturated rings. The fourth-order valence-corrected chi connectivity index (χ4v) is 5.94. The van der Waals surface area contributed by atoms with Gasteiger partial charge in [-0.2, -0.15) is 5.10 Å². The fourth-order valence-electron chi connectivity index (χ4n) is 5.94. The number of hydrogen-bond acceptors (Lipinski definition) is 6. The zero-order valence-corrected chi connectivity index (χ0v) is 20.9. The van der Waals surface area contributed by atoms with Crippen LogP contribution in [0.5, 0.6) is 0 Å². The number of anilines is 1. The Morgan fingerprint density at radius 3 is 2.78 bits per heavy atom. The summed E-state index contributed by atoms with van der Waals surface area (Å²) >= 11 is 0. The molecule has 1 saturated carbocycles. The second-order valence-corrected chi connectivity index (χ2v) is 10.9. The number of nitrogens with one attached hydrogen (secondary N) is 1. The predicted octanol–water partition coefficient (Wildman–Crippen LogP) is 3.96. The summed E-state index contributed by atoms with van der Waals surface area (Å²) in [6.07, 6.45) is 13.8. The highest BCUT2D eigenvalue weighted by Crippen LogP contribution is 2.48. The van der Waals surface area contributed by atoms with Crippen molar-refractivity contribution < 1.29 is 0 Å². The van der Waals surface area contributed by atoms with Crippen molar-refractivity contribution in [2.75, 3.05) is 32.1 Å². The normalized spacial score (nSPS) is 17.4. The van der Waals surface area contributed by atoms with Gasteiger partial charge >= 0.3 is 0 Å². The molecule has 1 N–H and O–H groups in total. The average molecular weight is 482 g/mol. The summed E-state index contributed by atoms with van der Waals surface area (Å²) in [7, 11) is 4.06. The Bertz CT molecular complexity index is 1550. The fraction of sp³-hybridized carbons (Fsp3) is 0.407. The van der Waals surface area contributed by atoms with E-state index in [-0.39, 0.29) is 0 Å². The Hall–Kier alpha value is -3.72. The van der Waals surface area contributed by atoms with Crippen molar-refractivity contribution in [3.63, 3.8) is 0 Å². The molecule has 0 unspecified atom stereocenters. The summed E-state index contributed by atoms with van der Waals surface area (Å²) in [5.41, 5.74) is 7.82. The summed E-state index contributed by atoms with van der Waals surface area (Å²) in [5, 5.41) is 17.2. The molecule has 0 bridgehead atoms. The first-order valence-corrected chi connectivity index (χ1v) is 12.8. The van der Waals surface area contributed by atoms with Gasteiger partial charge in [-0.1, -0.05) is 17.7 Å². The quantitative estimate of drug-likeness (QED) is 0.395. The number of H-pyrrole nitrogens is 1. The number of pyridine rings is 1. The second-order valence-electron chi connectivity index (χ2n) is 10.9. The number of hydrogen-bond donors (Lipinski definition) is 1. The van der Waals surface area contributed by atoms with Gasteiger partial charge in [0.2, 0.25) is 0 Å². The molecule has 0 atom stereocenters. The lowest BCUT2D eigenvalue weighted by Gasteiger charge is -2.38. The molecule has 5 heterocycles. The molecule has 7 rings (SSSR count). The zero-order chi connectivity index (χ0) is 24.3. The van der Waals surface area contributed by atoms with Crippen LogP contribution in [0.1, 0.15) is 36.9 Å². The van der Waals surface area contributed by atoms with Gasteiger partial charge in [0, 0.05) is 56.2 Å². The number of benzene rings is 1. The Morgan fingerprint density at radius 2 is 1.97 bits per heavy atom. The predicted molar refractivity (Wildman–Crippen MR) is 140 cm³/mol. The van der Waals surface area contributed by atoms with E-state index in [1.807, 2.05) is 31.2 Å². The van der Waals surface area contributed by atoms with E-state index in [1.165, 1.54) is 44.3 Å². The number of rotatable bonds is 6. The Labute approximate surface area is 209 Å². The smallest absolute Gasteiger partial charge is 0.137 e. The molecule has 5 aromatic rings. The van der Waals surface area contributed by atoms with Crippen molar-refractivity contribution in [3.05, 3.63) is 60.3 Å². The van der Waals surface area contributed by atoms with E-state index >= 15 is 0 Å². The number of likely N-dealkylation sites (tertiary alicyclic amines) is 1. The van der Waals surface area contributed by atoms with Crippen molar-refractivity contribution in [1.29, 1.82) is 0 Å². The molecule has 2 aliphatic rings. The molecule has 1 aromatic carbocycles. The van der Waals surface area contributed by atoms with Crippen LogP contribution >= 0.6 is 0 Å². The van der Waals surface area contributed by atoms with Crippen molar-refractivity contribution in [3.8, 4) is 11.3 Å². The molecule has 1 aliphatic carbocycles. The minimum absolute atomic E-state index is 0.570. The van der Waals surface area contributed by atoms with Crippen molar-refractivity contribution >= 4 is 22.2 Å². The van der Waals surface area contributed by atoms with Gasteiger partial charge in [-0.05, 0) is 55.0 Å². The molecule has 4 aromatic heterocycles. The third-order valence-corrected chi connectivity index (χ3v) is 8.10. The molecular formula is C27H31N9. The van der Waals surface area contributed by atoms with E-state index in [2.05, 4.69) is 71.4 Å². The Balaban J connectivity index is 1.10. The van der Waals surface area contributed by atoms with Crippen LogP contribution in [0.25, 0.3) is 27.8 Å². The summed E-state index contributed by atoms with van der Waals surface area (Å²) in [5.74, 6) is 0. The lowest BCUT2D eigenvalue weighted by Crippen LogP contribution is -2.32. The van der Waals surface area contributed by atoms with Crippen LogP contribution < -0.4 is 4.90 Å². The lowest BCUT2D eigenvalue weighted by atomic mass is 9.68. The van der Waals surface area contributed by atoms with E-state index in [0.29, 0.717) is 12.0 Å². The van der Waals surface area contributed by atoms with Crippen LogP contribution in [0.3, 0.4) is 0 Å². The highest BCUT2D eigenvalue weighted by molar-refractivity contribution is 5.96. The number of imidazole rings is 1. The molecule has 9 nitrogen and oxygen atoms in total. The molecular weight excluding hydrogens is 450 g/mol. The van der Waals surface area contributed by atoms with Gasteiger partial charge in [0.05, 0.1) is 30.1 Å². The SMILES string of the molecule is CN(C)c1cc(-c2cn(Cc3cn4cc(CN5CCC6(CCC6)C5)ccc4n3)nn2)c2cn[nH]c2c1. The molecule has 0 amide bonds. The number of fused-ring (bicyclic) bond motifs is 2. The minimum Gasteiger partial charge on any atom is -0.378 e. The number of aromatic amines is 1. The van der Waals surface area contributed by atoms with Crippen LogP contribution in [-0.4, -0.2) is 66.7 Å². The summed E-state index contributed by atoms with van der Waals surface area (Å²) in [6, 6.07) is 8.57. The number of nitrogens with zero attached hydrogens (tertiary/aromatic N) is 8. The molecule has 9 heteroatoms. The van der Waals surface area contributed by atoms with Gasteiger partial charge in [-0.15, -0.1) is 5.10 Å². The largest absolute Gasteiger partial charge is 0.378 e. The Kier molecular flexibility index (Phi) is 4.89. The van der Waals surface area contributed by atoms with Crippen LogP contribution in [0.15, 0.2) is 49.1 Å². The van der Waals surface area contributed by atoms with E-state index in [1.54, 1.807) is 0 Å². The second kappa shape index (κ2) is 8.16. The monoisotopic (exact) mass is 481 g/mol. The van der Waals surface area contributed by atoms with Gasteiger partial charge in [0.15, 0.2) is 0 Å². The maximum absolute atomic E-state index is 4.83. The van der Waals surface area contributed by atoms with E-state index in [0.717, 1.165) is 45.7 Å². The maximum Gasteiger partial charge on any atom is 0.137 e. The first-order valence-electron chi connectivity index (χ1n) is 12.8. The van der Waals surface area contributed by atoms with Crippen LogP contribution in [0.4, 0.5) is 5.69 Å². The minimum atomic E-state index is 0.570. The lowest BCUT2D eigenvalue weighted by molar-refractivity contribution is 0.137. The van der Waals surface area contributed by atoms with Crippen molar-refractivity contribution in [1.82, 2.24) is 39.5 Å². The molecule has 1 spiro atoms. The van der Waals surface area contributed by atoms with Gasteiger partial charge in [-0.25, -0.2) is 9.67 Å². The Morgan fingerprint density at radius 1 is 1.06 bits per heavy atom. The molecule has 1 saturated heterocycles. The highest BCUT2D eigenvalue weighted by Gasteiger charge is 2.42. The highest BCUT2D eigenvalue weighted by atomic mass is 15.4. The molecule has 184 valence electrons. The summed E-state index contributed by atoms with van der Waals surface area (Å²) in [4.78, 5) is 9.53. The van der Waals surface area contributed by atoms with E-state index < -0.39 is 0 Å². The van der Waals surface area contributed by atoms with Gasteiger partial charge in [-0.3, -0.25) is 10.00 Å². The van der Waals surface area contributed by atoms with Gasteiger partial charge in [0.25, 0.3) is 0 Å². The van der Waals surface area contributed by atoms with Crippen LogP contribution in [0.2, 0.25) is 0 Å². The molecule has 0 radical (unpaired) electrons. The van der Waals surface area contributed by atoms with E-state index in [9.17, 15) is 0 Å². The van der Waals surface area contributed by atoms with Crippen LogP contribution in [0, 0.1) is 5.41 Å². The third-order valence-electron chi connectivity index (χ3n) is 8.10. The number of aromatic nitrogens is 7. The summed E-state index contributed by atoms with van der Waals surface area (Å²) in [6.45, 7) is 4.08. The topological polar surface area (TPSA) is 83.2 Å². The van der Waals surface area contributed by atoms with Crippen molar-refractivity contribution in [2.24, 2.45) is 5.41 Å². The maximum atomic E-state index is 4.83. The van der Waals surface area contributed by atoms with Gasteiger partial charge < -0.3 is 9.30 Å². The van der Waals surface area contributed by atoms with Gasteiger partial charge in [0.1, 0.15) is 11.3 Å². The first kappa shape index (κ1) is 21.6. The van der Waals surface area contributed by atoms with E-state index in [4.69, 9.17) is 4.98 Å². The molecule has 36 heavy (non-hydrogen) atoms. The molecule has 1 aliphatic heterocycles. The van der Waals surface area contributed by atoms with Crippen LogP contribution in [-0.2, 0) is 13.1 Å².